The van der Waals surface area contributed by atoms with Crippen LogP contribution in [-0.4, -0.2) is 50.3 Å². The van der Waals surface area contributed by atoms with E-state index in [4.69, 9.17) is 4.74 Å². The van der Waals surface area contributed by atoms with Gasteiger partial charge in [-0.15, -0.1) is 0 Å². The summed E-state index contributed by atoms with van der Waals surface area (Å²) in [5.41, 5.74) is 0. The first-order valence-electron chi connectivity index (χ1n) is 6.89. The van der Waals surface area contributed by atoms with Gasteiger partial charge >= 0.3 is 0 Å². The van der Waals surface area contributed by atoms with Crippen molar-refractivity contribution in [1.29, 1.82) is 0 Å². The monoisotopic (exact) mass is 226 g/mol. The fraction of sp³-hybridized carbons (Fsp3) is 1.00. The summed E-state index contributed by atoms with van der Waals surface area (Å²) in [6.07, 6.45) is 5.77. The van der Waals surface area contributed by atoms with Gasteiger partial charge < -0.3 is 15.0 Å². The molecule has 2 aliphatic heterocycles. The second kappa shape index (κ2) is 6.58. The van der Waals surface area contributed by atoms with Gasteiger partial charge in [0.2, 0.25) is 0 Å². The largest absolute Gasteiger partial charge is 0.377 e. The van der Waals surface area contributed by atoms with Crippen molar-refractivity contribution in [3.05, 3.63) is 0 Å². The maximum atomic E-state index is 5.67. The molecule has 0 aromatic carbocycles. The van der Waals surface area contributed by atoms with Crippen LogP contribution in [-0.2, 0) is 4.74 Å². The third-order valence-electron chi connectivity index (χ3n) is 3.79. The van der Waals surface area contributed by atoms with Gasteiger partial charge in [0.1, 0.15) is 0 Å². The molecule has 2 fully saturated rings. The fourth-order valence-electron chi connectivity index (χ4n) is 2.82. The van der Waals surface area contributed by atoms with Gasteiger partial charge in [0.15, 0.2) is 0 Å². The molecule has 16 heavy (non-hydrogen) atoms. The highest BCUT2D eigenvalue weighted by Gasteiger charge is 2.17. The molecule has 0 amide bonds. The van der Waals surface area contributed by atoms with Crippen molar-refractivity contribution in [3.63, 3.8) is 0 Å². The Balaban J connectivity index is 1.67. The zero-order valence-electron chi connectivity index (χ0n) is 10.6. The molecular weight excluding hydrogens is 200 g/mol. The average molecular weight is 226 g/mol. The molecule has 0 radical (unpaired) electrons. The van der Waals surface area contributed by atoms with Gasteiger partial charge in [-0.1, -0.05) is 0 Å². The number of nitrogens with zero attached hydrogens (tertiary/aromatic N) is 1. The van der Waals surface area contributed by atoms with Crippen LogP contribution in [0.2, 0.25) is 0 Å². The third kappa shape index (κ3) is 4.04. The highest BCUT2D eigenvalue weighted by molar-refractivity contribution is 4.73. The van der Waals surface area contributed by atoms with E-state index < -0.39 is 0 Å². The van der Waals surface area contributed by atoms with E-state index in [0.29, 0.717) is 6.10 Å². The maximum Gasteiger partial charge on any atom is 0.0673 e. The molecule has 2 atom stereocenters. The van der Waals surface area contributed by atoms with E-state index in [9.17, 15) is 0 Å². The average Bonchev–Trinajstić information content (AvgIpc) is 2.52. The first-order chi connectivity index (χ1) is 7.84. The standard InChI is InChI=1S/C13H26N2O/c1-12-11-15(7-3-9-16-12)8-5-13-4-2-6-14-10-13/h12-14H,2-11H2,1H3. The lowest BCUT2D eigenvalue weighted by Crippen LogP contribution is -2.35. The number of rotatable bonds is 3. The van der Waals surface area contributed by atoms with E-state index in [-0.39, 0.29) is 0 Å². The summed E-state index contributed by atoms with van der Waals surface area (Å²) in [5.74, 6) is 0.910. The van der Waals surface area contributed by atoms with Crippen molar-refractivity contribution >= 4 is 0 Å². The predicted octanol–water partition coefficient (Wildman–Crippen LogP) is 1.49. The van der Waals surface area contributed by atoms with Crippen molar-refractivity contribution < 1.29 is 4.74 Å². The zero-order valence-corrected chi connectivity index (χ0v) is 10.6. The van der Waals surface area contributed by atoms with Crippen molar-refractivity contribution in [1.82, 2.24) is 10.2 Å². The van der Waals surface area contributed by atoms with Crippen LogP contribution in [0.15, 0.2) is 0 Å². The quantitative estimate of drug-likeness (QED) is 0.789. The molecule has 2 saturated heterocycles. The van der Waals surface area contributed by atoms with Crippen molar-refractivity contribution in [2.24, 2.45) is 5.92 Å². The lowest BCUT2D eigenvalue weighted by Gasteiger charge is -2.27. The lowest BCUT2D eigenvalue weighted by atomic mass is 9.96. The number of piperidine rings is 1. The minimum absolute atomic E-state index is 0.423. The fourth-order valence-corrected chi connectivity index (χ4v) is 2.82. The Bertz CT molecular complexity index is 192. The van der Waals surface area contributed by atoms with Crippen LogP contribution >= 0.6 is 0 Å². The van der Waals surface area contributed by atoms with Crippen LogP contribution in [0.4, 0.5) is 0 Å². The Hall–Kier alpha value is -0.120. The van der Waals surface area contributed by atoms with E-state index >= 15 is 0 Å². The maximum absolute atomic E-state index is 5.67. The van der Waals surface area contributed by atoms with Gasteiger partial charge in [-0.25, -0.2) is 0 Å². The second-order valence-electron chi connectivity index (χ2n) is 5.34. The molecule has 0 aliphatic carbocycles. The van der Waals surface area contributed by atoms with Crippen LogP contribution in [0.3, 0.4) is 0 Å². The van der Waals surface area contributed by atoms with E-state index in [1.165, 1.54) is 51.9 Å². The number of hydrogen-bond acceptors (Lipinski definition) is 3. The van der Waals surface area contributed by atoms with Gasteiger partial charge in [-0.05, 0) is 58.2 Å². The number of ether oxygens (including phenoxy) is 1. The molecule has 1 N–H and O–H groups in total. The van der Waals surface area contributed by atoms with Crippen LogP contribution in [0.25, 0.3) is 0 Å². The van der Waals surface area contributed by atoms with E-state index in [1.54, 1.807) is 0 Å². The van der Waals surface area contributed by atoms with E-state index in [2.05, 4.69) is 17.1 Å². The Morgan fingerprint density at radius 1 is 1.38 bits per heavy atom. The summed E-state index contributed by atoms with van der Waals surface area (Å²) >= 11 is 0. The smallest absolute Gasteiger partial charge is 0.0673 e. The summed E-state index contributed by atoms with van der Waals surface area (Å²) in [6.45, 7) is 9.22. The first-order valence-corrected chi connectivity index (χ1v) is 6.89. The zero-order chi connectivity index (χ0) is 11.2. The normalized spacial score (nSPS) is 33.6. The molecule has 2 aliphatic rings. The van der Waals surface area contributed by atoms with Crippen molar-refractivity contribution in [3.8, 4) is 0 Å². The molecule has 0 saturated carbocycles. The van der Waals surface area contributed by atoms with Gasteiger partial charge in [-0.2, -0.15) is 0 Å². The third-order valence-corrected chi connectivity index (χ3v) is 3.79. The van der Waals surface area contributed by atoms with Gasteiger partial charge in [0.05, 0.1) is 6.10 Å². The van der Waals surface area contributed by atoms with Crippen molar-refractivity contribution in [2.45, 2.75) is 38.7 Å². The molecule has 94 valence electrons. The van der Waals surface area contributed by atoms with E-state index in [0.717, 1.165) is 19.1 Å². The molecule has 0 aromatic heterocycles. The lowest BCUT2D eigenvalue weighted by molar-refractivity contribution is 0.0668. The van der Waals surface area contributed by atoms with Crippen LogP contribution in [0.5, 0.6) is 0 Å². The molecule has 0 aromatic rings. The summed E-state index contributed by atoms with van der Waals surface area (Å²) in [6, 6.07) is 0. The van der Waals surface area contributed by atoms with Gasteiger partial charge in [0.25, 0.3) is 0 Å². The Morgan fingerprint density at radius 3 is 3.12 bits per heavy atom. The summed E-state index contributed by atoms with van der Waals surface area (Å²) in [7, 11) is 0. The molecule has 0 spiro atoms. The molecule has 2 heterocycles. The molecule has 3 heteroatoms. The topological polar surface area (TPSA) is 24.5 Å². The Labute approximate surface area is 99.5 Å². The van der Waals surface area contributed by atoms with Gasteiger partial charge in [0, 0.05) is 19.7 Å². The van der Waals surface area contributed by atoms with Crippen LogP contribution in [0, 0.1) is 5.92 Å². The minimum atomic E-state index is 0.423. The second-order valence-corrected chi connectivity index (χ2v) is 5.34. The van der Waals surface area contributed by atoms with E-state index in [1.807, 2.05) is 0 Å². The SMILES string of the molecule is CC1CN(CCC2CCCNC2)CCCO1. The molecule has 3 nitrogen and oxygen atoms in total. The van der Waals surface area contributed by atoms with Crippen molar-refractivity contribution in [2.75, 3.05) is 39.3 Å². The minimum Gasteiger partial charge on any atom is -0.377 e. The van der Waals surface area contributed by atoms with Gasteiger partial charge in [-0.3, -0.25) is 0 Å². The number of hydrogen-bond donors (Lipinski definition) is 1. The summed E-state index contributed by atoms with van der Waals surface area (Å²) in [4.78, 5) is 2.59. The Morgan fingerprint density at radius 2 is 2.31 bits per heavy atom. The molecule has 2 rings (SSSR count). The highest BCUT2D eigenvalue weighted by Crippen LogP contribution is 2.15. The predicted molar refractivity (Wildman–Crippen MR) is 66.7 cm³/mol. The summed E-state index contributed by atoms with van der Waals surface area (Å²) in [5, 5.41) is 3.50. The summed E-state index contributed by atoms with van der Waals surface area (Å²) < 4.78 is 5.67. The number of nitrogens with one attached hydrogen (secondary N) is 1. The molecule has 2 unspecified atom stereocenters. The van der Waals surface area contributed by atoms with Crippen LogP contribution < -0.4 is 5.32 Å². The van der Waals surface area contributed by atoms with Crippen LogP contribution in [0.1, 0.15) is 32.6 Å². The first kappa shape index (κ1) is 12.3. The molecule has 0 bridgehead atoms. The molecular formula is C13H26N2O. The Kier molecular flexibility index (Phi) is 5.07. The highest BCUT2D eigenvalue weighted by atomic mass is 16.5.